The molecule has 0 aromatic heterocycles. The second kappa shape index (κ2) is 9.47. The van der Waals surface area contributed by atoms with Crippen molar-refractivity contribution in [2.45, 2.75) is 58.4 Å². The van der Waals surface area contributed by atoms with E-state index in [1.165, 1.54) is 38.5 Å². The Labute approximate surface area is 89.1 Å². The summed E-state index contributed by atoms with van der Waals surface area (Å²) in [4.78, 5) is 0. The van der Waals surface area contributed by atoms with E-state index in [2.05, 4.69) is 19.3 Å². The fourth-order valence-corrected chi connectivity index (χ4v) is 2.23. The van der Waals surface area contributed by atoms with Gasteiger partial charge in [-0.1, -0.05) is 26.2 Å². The normalized spacial score (nSPS) is 25.7. The Kier molecular flexibility index (Phi) is 9.42. The summed E-state index contributed by atoms with van der Waals surface area (Å²) in [6.07, 6.45) is 8.54. The first-order chi connectivity index (χ1) is 6.79. The van der Waals surface area contributed by atoms with Gasteiger partial charge in [-0.15, -0.1) is 0 Å². The lowest BCUT2D eigenvalue weighted by molar-refractivity contribution is 0.318. The van der Waals surface area contributed by atoms with Crippen LogP contribution in [0.2, 0.25) is 0 Å². The van der Waals surface area contributed by atoms with Crippen LogP contribution in [-0.2, 0) is 0 Å². The molecule has 1 aliphatic rings. The number of aliphatic hydroxyl groups is 1. The summed E-state index contributed by atoms with van der Waals surface area (Å²) in [5, 5.41) is 11.0. The van der Waals surface area contributed by atoms with E-state index in [0.29, 0.717) is 0 Å². The van der Waals surface area contributed by atoms with Gasteiger partial charge in [-0.05, 0) is 39.2 Å². The average Bonchev–Trinajstić information content (AvgIpc) is 2.63. The summed E-state index contributed by atoms with van der Waals surface area (Å²) in [6, 6.07) is 0.835. The minimum absolute atomic E-state index is 0.250. The third-order valence-corrected chi connectivity index (χ3v) is 2.96. The summed E-state index contributed by atoms with van der Waals surface area (Å²) < 4.78 is 0. The van der Waals surface area contributed by atoms with Gasteiger partial charge in [0, 0.05) is 12.6 Å². The summed E-state index contributed by atoms with van der Waals surface area (Å²) >= 11 is 0. The van der Waals surface area contributed by atoms with Gasteiger partial charge in [0.25, 0.3) is 0 Å². The van der Waals surface area contributed by atoms with Crippen LogP contribution in [-0.4, -0.2) is 24.8 Å². The molecule has 0 aromatic carbocycles. The highest BCUT2D eigenvalue weighted by atomic mass is 16.2. The molecule has 1 rings (SSSR count). The highest BCUT2D eigenvalue weighted by molar-refractivity contribution is 4.81. The lowest BCUT2D eigenvalue weighted by Crippen LogP contribution is -2.28. The average molecular weight is 201 g/mol. The van der Waals surface area contributed by atoms with Crippen LogP contribution in [0.15, 0.2) is 0 Å². The Hall–Kier alpha value is -0.0800. The Balaban J connectivity index is 0.000000500. The molecular formula is C12H27NO. The van der Waals surface area contributed by atoms with Gasteiger partial charge in [0.15, 0.2) is 0 Å². The molecule has 0 spiro atoms. The maximum Gasteiger partial charge on any atom is 0.0402 e. The first-order valence-electron chi connectivity index (χ1n) is 6.08. The highest BCUT2D eigenvalue weighted by Gasteiger charge is 2.24. The van der Waals surface area contributed by atoms with Gasteiger partial charge in [-0.25, -0.2) is 0 Å². The molecule has 0 bridgehead atoms. The predicted molar refractivity (Wildman–Crippen MR) is 62.5 cm³/mol. The van der Waals surface area contributed by atoms with E-state index in [0.717, 1.165) is 12.0 Å². The van der Waals surface area contributed by atoms with Crippen LogP contribution >= 0.6 is 0 Å². The zero-order valence-corrected chi connectivity index (χ0v) is 10.1. The highest BCUT2D eigenvalue weighted by Crippen LogP contribution is 2.29. The van der Waals surface area contributed by atoms with Crippen molar-refractivity contribution in [2.24, 2.45) is 5.92 Å². The summed E-state index contributed by atoms with van der Waals surface area (Å²) in [5.41, 5.74) is 0. The molecule has 2 heteroatoms. The zero-order chi connectivity index (χ0) is 10.8. The fraction of sp³-hybridized carbons (Fsp3) is 1.00. The largest absolute Gasteiger partial charge is 0.397 e. The molecule has 2 N–H and O–H groups in total. The number of hydrogen-bond donors (Lipinski definition) is 2. The van der Waals surface area contributed by atoms with Crippen molar-refractivity contribution in [1.29, 1.82) is 0 Å². The SMILES string of the molecule is CCCCC1CCCC1NC.CCO. The van der Waals surface area contributed by atoms with E-state index >= 15 is 0 Å². The Morgan fingerprint density at radius 2 is 1.93 bits per heavy atom. The van der Waals surface area contributed by atoms with Gasteiger partial charge in [-0.2, -0.15) is 0 Å². The quantitative estimate of drug-likeness (QED) is 0.732. The molecule has 1 fully saturated rings. The minimum atomic E-state index is 0.250. The first-order valence-corrected chi connectivity index (χ1v) is 6.08. The maximum atomic E-state index is 7.57. The monoisotopic (exact) mass is 201 g/mol. The lowest BCUT2D eigenvalue weighted by atomic mass is 9.97. The predicted octanol–water partition coefficient (Wildman–Crippen LogP) is 2.56. The van der Waals surface area contributed by atoms with Gasteiger partial charge in [0.2, 0.25) is 0 Å². The first kappa shape index (κ1) is 13.9. The molecule has 0 aliphatic heterocycles. The Morgan fingerprint density at radius 3 is 2.43 bits per heavy atom. The standard InChI is InChI=1S/C10H21N.C2H6O/c1-3-4-6-9-7-5-8-10(9)11-2;1-2-3/h9-11H,3-8H2,1-2H3;3H,2H2,1H3. The Morgan fingerprint density at radius 1 is 1.29 bits per heavy atom. The van der Waals surface area contributed by atoms with Crippen LogP contribution in [0.3, 0.4) is 0 Å². The fourth-order valence-electron chi connectivity index (χ4n) is 2.23. The van der Waals surface area contributed by atoms with Crippen LogP contribution < -0.4 is 5.32 Å². The van der Waals surface area contributed by atoms with Crippen molar-refractivity contribution >= 4 is 0 Å². The molecule has 1 saturated carbocycles. The van der Waals surface area contributed by atoms with Gasteiger partial charge < -0.3 is 10.4 Å². The van der Waals surface area contributed by atoms with E-state index in [-0.39, 0.29) is 6.61 Å². The molecule has 0 saturated heterocycles. The van der Waals surface area contributed by atoms with Crippen molar-refractivity contribution in [3.8, 4) is 0 Å². The molecule has 1 aliphatic carbocycles. The van der Waals surface area contributed by atoms with Crippen molar-refractivity contribution in [3.63, 3.8) is 0 Å². The molecule has 0 heterocycles. The number of aliphatic hydroxyl groups excluding tert-OH is 1. The van der Waals surface area contributed by atoms with Crippen LogP contribution in [0.5, 0.6) is 0 Å². The number of hydrogen-bond acceptors (Lipinski definition) is 2. The Bertz CT molecular complexity index is 117. The number of unbranched alkanes of at least 4 members (excludes halogenated alkanes) is 1. The molecule has 2 atom stereocenters. The second-order valence-corrected chi connectivity index (χ2v) is 4.04. The summed E-state index contributed by atoms with van der Waals surface area (Å²) in [5.74, 6) is 0.986. The van der Waals surface area contributed by atoms with Crippen LogP contribution in [0.25, 0.3) is 0 Å². The molecule has 0 radical (unpaired) electrons. The van der Waals surface area contributed by atoms with Crippen molar-refractivity contribution in [1.82, 2.24) is 5.32 Å². The number of nitrogens with one attached hydrogen (secondary N) is 1. The van der Waals surface area contributed by atoms with Crippen LogP contribution in [0.4, 0.5) is 0 Å². The lowest BCUT2D eigenvalue weighted by Gasteiger charge is -2.17. The topological polar surface area (TPSA) is 32.3 Å². The van der Waals surface area contributed by atoms with E-state index < -0.39 is 0 Å². The number of rotatable bonds is 4. The minimum Gasteiger partial charge on any atom is -0.397 e. The van der Waals surface area contributed by atoms with Crippen LogP contribution in [0.1, 0.15) is 52.4 Å². The molecule has 2 unspecified atom stereocenters. The molecular weight excluding hydrogens is 174 g/mol. The zero-order valence-electron chi connectivity index (χ0n) is 10.1. The van der Waals surface area contributed by atoms with Crippen molar-refractivity contribution in [2.75, 3.05) is 13.7 Å². The van der Waals surface area contributed by atoms with Crippen molar-refractivity contribution in [3.05, 3.63) is 0 Å². The molecule has 86 valence electrons. The molecule has 2 nitrogen and oxygen atoms in total. The van der Waals surface area contributed by atoms with E-state index in [9.17, 15) is 0 Å². The molecule has 0 amide bonds. The molecule has 14 heavy (non-hydrogen) atoms. The smallest absolute Gasteiger partial charge is 0.0402 e. The van der Waals surface area contributed by atoms with Gasteiger partial charge >= 0.3 is 0 Å². The van der Waals surface area contributed by atoms with Crippen molar-refractivity contribution < 1.29 is 5.11 Å². The van der Waals surface area contributed by atoms with Gasteiger partial charge in [0.05, 0.1) is 0 Å². The van der Waals surface area contributed by atoms with E-state index in [1.807, 2.05) is 0 Å². The van der Waals surface area contributed by atoms with Gasteiger partial charge in [0.1, 0.15) is 0 Å². The third-order valence-electron chi connectivity index (χ3n) is 2.96. The second-order valence-electron chi connectivity index (χ2n) is 4.04. The third kappa shape index (κ3) is 5.61. The van der Waals surface area contributed by atoms with Gasteiger partial charge in [-0.3, -0.25) is 0 Å². The van der Waals surface area contributed by atoms with Crippen LogP contribution in [0, 0.1) is 5.92 Å². The summed E-state index contributed by atoms with van der Waals surface area (Å²) in [7, 11) is 2.11. The molecule has 0 aromatic rings. The maximum absolute atomic E-state index is 7.57. The van der Waals surface area contributed by atoms with E-state index in [1.54, 1.807) is 6.92 Å². The van der Waals surface area contributed by atoms with E-state index in [4.69, 9.17) is 5.11 Å². The summed E-state index contributed by atoms with van der Waals surface area (Å²) in [6.45, 7) is 4.21.